The minimum atomic E-state index is -0.683. The summed E-state index contributed by atoms with van der Waals surface area (Å²) < 4.78 is 32.5. The number of halogens is 1. The lowest BCUT2D eigenvalue weighted by molar-refractivity contribution is -0.137. The van der Waals surface area contributed by atoms with Crippen molar-refractivity contribution >= 4 is 121 Å². The van der Waals surface area contributed by atoms with Gasteiger partial charge in [0.25, 0.3) is 0 Å². The Balaban J connectivity index is 0.000000176. The molecule has 7 fully saturated rings. The van der Waals surface area contributed by atoms with E-state index in [2.05, 4.69) is 182 Å². The van der Waals surface area contributed by atoms with Gasteiger partial charge in [0.1, 0.15) is 35.8 Å². The van der Waals surface area contributed by atoms with Crippen LogP contribution >= 0.6 is 15.9 Å². The summed E-state index contributed by atoms with van der Waals surface area (Å²) in [5, 5.41) is 15.3. The quantitative estimate of drug-likeness (QED) is 0.0287. The van der Waals surface area contributed by atoms with Crippen LogP contribution in [0.5, 0.6) is 0 Å². The van der Waals surface area contributed by atoms with Crippen LogP contribution in [0, 0.1) is 29.6 Å². The summed E-state index contributed by atoms with van der Waals surface area (Å²) in [5.74, 6) is 1.72. The van der Waals surface area contributed by atoms with Gasteiger partial charge < -0.3 is 79.1 Å². The maximum absolute atomic E-state index is 13.9. The van der Waals surface area contributed by atoms with Crippen molar-refractivity contribution in [2.75, 3.05) is 41.5 Å². The highest BCUT2D eigenvalue weighted by atomic mass is 79.9. The number of carbonyl (C=O) groups excluding carboxylic acids is 8. The third-order valence-electron chi connectivity index (χ3n) is 27.5. The zero-order valence-corrected chi connectivity index (χ0v) is 77.3. The number of aliphatic imine (C=N–C) groups is 2. The lowest BCUT2D eigenvalue weighted by atomic mass is 9.78. The second-order valence-corrected chi connectivity index (χ2v) is 38.1. The summed E-state index contributed by atoms with van der Waals surface area (Å²) in [6.07, 6.45) is 16.1. The number of benzene rings is 6. The Labute approximate surface area is 771 Å². The molecule has 8 aromatic rings. The summed E-state index contributed by atoms with van der Waals surface area (Å²) in [6, 6.07) is 39.6. The number of allylic oxidation sites excluding steroid dienone is 2. The van der Waals surface area contributed by atoms with E-state index in [-0.39, 0.29) is 104 Å². The number of carbonyl (C=O) groups is 8. The van der Waals surface area contributed by atoms with Crippen molar-refractivity contribution in [3.8, 4) is 33.6 Å². The molecule has 2 saturated carbocycles. The fourth-order valence-electron chi connectivity index (χ4n) is 19.8. The molecule has 0 spiro atoms. The van der Waals surface area contributed by atoms with Gasteiger partial charge in [0.15, 0.2) is 0 Å². The molecule has 2 aromatic heterocycles. The number of aromatic nitrogens is 4. The zero-order chi connectivity index (χ0) is 90.9. The predicted octanol–water partition coefficient (Wildman–Crippen LogP) is 17.5. The van der Waals surface area contributed by atoms with Crippen LogP contribution < -0.4 is 26.7 Å². The first-order chi connectivity index (χ1) is 61.3. The molecule has 4 bridgehead atoms. The number of amides is 8. The average molecular weight is 1840 g/mol. The number of nitrogens with zero attached hydrogens (tertiary/aromatic N) is 8. The minimum Gasteiger partial charge on any atom is -0.453 e. The zero-order valence-electron chi connectivity index (χ0n) is 75.7. The number of hydrogen-bond acceptors (Lipinski definition) is 18. The summed E-state index contributed by atoms with van der Waals surface area (Å²) in [5.41, 5.74) is 12.9. The van der Waals surface area contributed by atoms with E-state index in [1.807, 2.05) is 104 Å². The molecule has 2 aliphatic carbocycles. The van der Waals surface area contributed by atoms with Gasteiger partial charge in [-0.2, -0.15) is 0 Å². The first kappa shape index (κ1) is 96.1. The van der Waals surface area contributed by atoms with Crippen LogP contribution in [0.4, 0.5) is 19.2 Å². The Morgan fingerprint density at radius 2 is 0.823 bits per heavy atom. The number of hydrogen-bond donors (Lipinski definition) is 6. The number of rotatable bonds is 21. The number of nitrogens with one attached hydrogen (secondary N) is 6. The maximum Gasteiger partial charge on any atom is 0.494 e. The van der Waals surface area contributed by atoms with Gasteiger partial charge >= 0.3 is 31.5 Å². The summed E-state index contributed by atoms with van der Waals surface area (Å²) in [4.78, 5) is 135. The van der Waals surface area contributed by atoms with Crippen LogP contribution in [-0.4, -0.2) is 207 Å². The molecule has 0 unspecified atom stereocenters. The molecule has 30 heteroatoms. The van der Waals surface area contributed by atoms with Crippen molar-refractivity contribution < 1.29 is 66.6 Å². The molecule has 8 amide bonds. The van der Waals surface area contributed by atoms with Crippen LogP contribution in [0.1, 0.15) is 203 Å². The molecule has 6 N–H and O–H groups in total. The lowest BCUT2D eigenvalue weighted by Gasteiger charge is -2.38. The van der Waals surface area contributed by atoms with Crippen molar-refractivity contribution in [3.63, 3.8) is 0 Å². The number of ether oxygens (including phenoxy) is 4. The second-order valence-electron chi connectivity index (χ2n) is 37.2. The third kappa shape index (κ3) is 20.2. The van der Waals surface area contributed by atoms with Gasteiger partial charge in [-0.1, -0.05) is 163 Å². The van der Waals surface area contributed by atoms with Crippen LogP contribution in [0.25, 0.3) is 66.3 Å². The smallest absolute Gasteiger partial charge is 0.453 e. The average Bonchev–Trinajstić information content (AvgIpc) is 1.60. The SMILES string of the molecule is C.C.COC(=O)N[C@@H](C)C(=O)N1[C@@H]2CC[C@@H](C2)[C@H]1C1=NC=C(c2ccc3cc(-c4ccc(-c5cnc([C@@H]6CCCN6C(=O)[C@@H](NC(=O)OC)C(C)C)[nH]5)cc4)ccc3c2)C1.COC(=O)N[C@H](C(=O)N1CCC[C@H]1c1ncc(-c2ccc(Br)cc2)[nH]1)C(C)C.COC(=O)N[C@H](C(=O)N1[C@@H]2CC[C@@H](C2)[C@H]1C1=NC=C(c2ccc3cc(B4OC(C)(C)C(C)(C)O4)ccc3c2)C1)C(C)C. The van der Waals surface area contributed by atoms with Crippen LogP contribution in [0.2, 0.25) is 0 Å². The monoisotopic (exact) mass is 1840 g/mol. The second kappa shape index (κ2) is 40.5. The Hall–Kier alpha value is -11.5. The molecule has 9 heterocycles. The number of aromatic amines is 2. The molecule has 17 rings (SSSR count). The Bertz CT molecular complexity index is 5630. The summed E-state index contributed by atoms with van der Waals surface area (Å²) in [7, 11) is 4.82. The molecule has 28 nitrogen and oxygen atoms in total. The van der Waals surface area contributed by atoms with Gasteiger partial charge in [-0.3, -0.25) is 29.2 Å². The van der Waals surface area contributed by atoms with Crippen molar-refractivity contribution in [2.24, 2.45) is 39.6 Å². The highest BCUT2D eigenvalue weighted by Gasteiger charge is 2.55. The summed E-state index contributed by atoms with van der Waals surface area (Å²) in [6.45, 7) is 22.8. The number of methoxy groups -OCH3 is 4. The van der Waals surface area contributed by atoms with Crippen molar-refractivity contribution in [2.45, 2.75) is 240 Å². The standard InChI is InChI=1S/C45H51N7O6.C33H42BN3O5.C20H25BrN4O3.2CH4/c1-25(2)39(50-45(56)58-5)43(54)51-18-6-7-38(51)41-47-24-37(49-41)28-10-8-27(9-11-28)29-12-13-31-20-32(15-14-30(31)19-29)34-22-36(46-23-34)40-33-16-17-35(21-33)52(40)42(53)26(3)48-44(55)57-4;1-19(2)28(36-31(39)40-7)30(38)37-26-13-11-23(16-26)29(37)27-17-24(18-35-27)21-8-9-22-15-25(12-10-20(22)14-21)34-41-32(3,4)33(5,6)42-34;1-12(2)17(24-20(27)28-3)19(26)25-10-4-5-16(25)18-22-11-15(23-18)13-6-8-14(21)9-7-13;;/h8-15,19-20,23-26,33,35,38-40H,6-7,16-18,21-22H2,1-5H3,(H,47,49)(H,48,55)(H,50,56);8-10,12,14-15,18-19,23,26,28-29H,11,13,16-17H2,1-7H3,(H,36,39);6-9,11-12,16-17H,4-5,10H2,1-3H3,(H,22,23)(H,24,27);2*1H4/t26-,33-,35+,38-,39-,40-;23-,26+,28-,29-;16-,17-;;/m000../s1. The van der Waals surface area contributed by atoms with Crippen molar-refractivity contribution in [1.82, 2.24) is 60.8 Å². The minimum absolute atomic E-state index is 0. The molecular weight excluding hydrogens is 1710 g/mol. The van der Waals surface area contributed by atoms with E-state index in [4.69, 9.17) is 38.5 Å². The van der Waals surface area contributed by atoms with E-state index in [1.54, 1.807) is 13.1 Å². The topological polar surface area (TPSA) is 335 Å². The maximum atomic E-state index is 13.9. The number of fused-ring (bicyclic) bond motifs is 6. The van der Waals surface area contributed by atoms with Gasteiger partial charge in [0.05, 0.1) is 87.6 Å². The van der Waals surface area contributed by atoms with Gasteiger partial charge in [-0.25, -0.2) is 29.1 Å². The normalized spacial score (nSPS) is 22.3. The number of imidazole rings is 2. The van der Waals surface area contributed by atoms with Gasteiger partial charge in [0, 0.05) is 66.3 Å². The number of alkyl carbamates (subject to hydrolysis) is 4. The molecule has 0 radical (unpaired) electrons. The van der Waals surface area contributed by atoms with E-state index in [0.717, 1.165) is 175 Å². The lowest BCUT2D eigenvalue weighted by Crippen LogP contribution is -2.57. The molecule has 7 aliphatic heterocycles. The van der Waals surface area contributed by atoms with Crippen LogP contribution in [0.3, 0.4) is 0 Å². The van der Waals surface area contributed by atoms with E-state index >= 15 is 0 Å². The van der Waals surface area contributed by atoms with E-state index in [0.29, 0.717) is 37.8 Å². The summed E-state index contributed by atoms with van der Waals surface area (Å²) >= 11 is 3.44. The Morgan fingerprint density at radius 1 is 0.454 bits per heavy atom. The molecule has 6 aromatic carbocycles. The highest BCUT2D eigenvalue weighted by molar-refractivity contribution is 9.10. The van der Waals surface area contributed by atoms with Crippen molar-refractivity contribution in [3.05, 3.63) is 173 Å². The first-order valence-electron chi connectivity index (χ1n) is 44.9. The van der Waals surface area contributed by atoms with Gasteiger partial charge in [0.2, 0.25) is 23.6 Å². The first-order valence-corrected chi connectivity index (χ1v) is 45.7. The van der Waals surface area contributed by atoms with Gasteiger partial charge in [-0.05, 0) is 230 Å². The predicted molar refractivity (Wildman–Crippen MR) is 510 cm³/mol. The fraction of sp³-hybridized carbons (Fsp3) is 0.480. The Kier molecular flexibility index (Phi) is 29.9. The Morgan fingerprint density at radius 3 is 1.25 bits per heavy atom. The highest BCUT2D eigenvalue weighted by Crippen LogP contribution is 2.49. The van der Waals surface area contributed by atoms with E-state index in [9.17, 15) is 38.4 Å². The molecule has 9 aliphatic rings. The molecule has 690 valence electrons. The molecular formula is C100H126BBrN14O14. The number of likely N-dealkylation sites (tertiary alicyclic amines) is 4. The largest absolute Gasteiger partial charge is 0.494 e. The number of H-pyrrole nitrogens is 2. The van der Waals surface area contributed by atoms with Gasteiger partial charge in [-0.15, -0.1) is 0 Å². The molecule has 130 heavy (non-hydrogen) atoms. The molecule has 12 atom stereocenters. The van der Waals surface area contributed by atoms with Crippen molar-refractivity contribution in [1.29, 1.82) is 0 Å². The number of piperidine rings is 2. The van der Waals surface area contributed by atoms with Crippen LogP contribution in [-0.2, 0) is 47.4 Å². The third-order valence-corrected chi connectivity index (χ3v) is 28.0. The van der Waals surface area contributed by atoms with Crippen LogP contribution in [0.15, 0.2) is 161 Å². The van der Waals surface area contributed by atoms with E-state index in [1.165, 1.54) is 28.4 Å². The van der Waals surface area contributed by atoms with E-state index < -0.39 is 55.7 Å². The molecule has 5 saturated heterocycles. The fourth-order valence-corrected chi connectivity index (χ4v) is 20.1.